The second-order valence-electron chi connectivity index (χ2n) is 5.51. The largest absolute Gasteiger partial charge is 0.485 e. The van der Waals surface area contributed by atoms with Crippen LogP contribution >= 0.6 is 11.6 Å². The molecule has 5 nitrogen and oxygen atoms in total. The van der Waals surface area contributed by atoms with Gasteiger partial charge in [0.25, 0.3) is 0 Å². The number of hydrogen-bond acceptors (Lipinski definition) is 4. The summed E-state index contributed by atoms with van der Waals surface area (Å²) in [6.45, 7) is 7.35. The Balaban J connectivity index is 2.12. The van der Waals surface area contributed by atoms with E-state index < -0.39 is 0 Å². The zero-order valence-corrected chi connectivity index (χ0v) is 13.3. The molecule has 6 heteroatoms. The molecule has 0 bridgehead atoms. The lowest BCUT2D eigenvalue weighted by Gasteiger charge is -2.15. The van der Waals surface area contributed by atoms with Gasteiger partial charge in [0, 0.05) is 23.2 Å². The maximum atomic E-state index is 6.01. The number of aromatic nitrogens is 3. The van der Waals surface area contributed by atoms with E-state index in [1.807, 2.05) is 23.7 Å². The normalized spacial score (nSPS) is 12.7. The lowest BCUT2D eigenvalue weighted by molar-refractivity contribution is 0.279. The van der Waals surface area contributed by atoms with Gasteiger partial charge in [0.1, 0.15) is 18.7 Å². The molecule has 2 rings (SSSR count). The predicted octanol–water partition coefficient (Wildman–Crippen LogP) is 3.19. The maximum Gasteiger partial charge on any atom is 0.164 e. The Morgan fingerprint density at radius 2 is 2.10 bits per heavy atom. The summed E-state index contributed by atoms with van der Waals surface area (Å²) in [7, 11) is 0. The smallest absolute Gasteiger partial charge is 0.164 e. The second-order valence-corrected chi connectivity index (χ2v) is 5.95. The zero-order valence-electron chi connectivity index (χ0n) is 12.6. The van der Waals surface area contributed by atoms with Crippen molar-refractivity contribution < 1.29 is 4.74 Å². The summed E-state index contributed by atoms with van der Waals surface area (Å²) in [5.41, 5.74) is 6.84. The molecule has 0 fully saturated rings. The van der Waals surface area contributed by atoms with Crippen molar-refractivity contribution in [1.82, 2.24) is 14.8 Å². The second kappa shape index (κ2) is 6.91. The molecule has 0 aliphatic carbocycles. The molecule has 0 aliphatic heterocycles. The molecule has 0 saturated carbocycles. The first-order chi connectivity index (χ1) is 9.97. The van der Waals surface area contributed by atoms with Gasteiger partial charge in [-0.2, -0.15) is 5.10 Å². The van der Waals surface area contributed by atoms with Crippen LogP contribution in [0.2, 0.25) is 5.02 Å². The van der Waals surface area contributed by atoms with Crippen LogP contribution in [0.15, 0.2) is 24.5 Å². The van der Waals surface area contributed by atoms with E-state index in [9.17, 15) is 0 Å². The van der Waals surface area contributed by atoms with Crippen LogP contribution in [0, 0.1) is 5.92 Å². The Hall–Kier alpha value is -1.59. The minimum absolute atomic E-state index is 0.146. The molecule has 1 heterocycles. The molecular weight excluding hydrogens is 288 g/mol. The highest BCUT2D eigenvalue weighted by atomic mass is 35.5. The number of nitrogens with zero attached hydrogens (tertiary/aromatic N) is 3. The molecule has 2 N–H and O–H groups in total. The minimum Gasteiger partial charge on any atom is -0.485 e. The Bertz CT molecular complexity index is 595. The average molecular weight is 309 g/mol. The number of hydrogen-bond donors (Lipinski definition) is 1. The summed E-state index contributed by atoms with van der Waals surface area (Å²) < 4.78 is 7.73. The molecule has 1 atom stereocenters. The highest BCUT2D eigenvalue weighted by Crippen LogP contribution is 2.27. The van der Waals surface area contributed by atoms with Crippen molar-refractivity contribution in [3.05, 3.63) is 40.9 Å². The predicted molar refractivity (Wildman–Crippen MR) is 83.2 cm³/mol. The third-order valence-corrected chi connectivity index (χ3v) is 3.29. The minimum atomic E-state index is -0.146. The first-order valence-corrected chi connectivity index (χ1v) is 7.39. The fourth-order valence-corrected chi connectivity index (χ4v) is 2.23. The van der Waals surface area contributed by atoms with E-state index >= 15 is 0 Å². The molecule has 1 aromatic heterocycles. The topological polar surface area (TPSA) is 66.0 Å². The van der Waals surface area contributed by atoms with Crippen molar-refractivity contribution in [2.45, 2.75) is 40.0 Å². The van der Waals surface area contributed by atoms with Crippen molar-refractivity contribution in [3.8, 4) is 5.75 Å². The molecule has 0 unspecified atom stereocenters. The molecule has 0 amide bonds. The van der Waals surface area contributed by atoms with Gasteiger partial charge in [-0.3, -0.25) is 0 Å². The van der Waals surface area contributed by atoms with Gasteiger partial charge in [-0.15, -0.1) is 0 Å². The molecular formula is C15H21ClN4O. The van der Waals surface area contributed by atoms with Crippen LogP contribution in [-0.2, 0) is 13.2 Å². The Labute approximate surface area is 130 Å². The lowest BCUT2D eigenvalue weighted by atomic mass is 10.1. The van der Waals surface area contributed by atoms with Crippen LogP contribution in [0.25, 0.3) is 0 Å². The molecule has 1 aromatic carbocycles. The molecule has 0 radical (unpaired) electrons. The number of benzene rings is 1. The van der Waals surface area contributed by atoms with E-state index in [1.165, 1.54) is 0 Å². The van der Waals surface area contributed by atoms with E-state index in [4.69, 9.17) is 22.1 Å². The highest BCUT2D eigenvalue weighted by molar-refractivity contribution is 6.30. The molecule has 21 heavy (non-hydrogen) atoms. The standard InChI is InChI=1S/C15H21ClN4O/c1-10(2)7-20-15(18-9-19-20)8-21-14-5-4-12(16)6-13(14)11(3)17/h4-6,9-11H,7-8,17H2,1-3H3/t11-/m0/s1. The summed E-state index contributed by atoms with van der Waals surface area (Å²) in [5.74, 6) is 2.03. The Morgan fingerprint density at radius 3 is 2.76 bits per heavy atom. The van der Waals surface area contributed by atoms with Crippen molar-refractivity contribution in [1.29, 1.82) is 0 Å². The quantitative estimate of drug-likeness (QED) is 0.890. The van der Waals surface area contributed by atoms with E-state index in [2.05, 4.69) is 23.9 Å². The third kappa shape index (κ3) is 4.19. The van der Waals surface area contributed by atoms with E-state index in [-0.39, 0.29) is 6.04 Å². The molecule has 0 saturated heterocycles. The van der Waals surface area contributed by atoms with Gasteiger partial charge >= 0.3 is 0 Å². The van der Waals surface area contributed by atoms with E-state index in [0.29, 0.717) is 17.5 Å². The van der Waals surface area contributed by atoms with Crippen molar-refractivity contribution in [2.24, 2.45) is 11.7 Å². The van der Waals surface area contributed by atoms with E-state index in [1.54, 1.807) is 12.4 Å². The number of halogens is 1. The van der Waals surface area contributed by atoms with Gasteiger partial charge in [0.2, 0.25) is 0 Å². The zero-order chi connectivity index (χ0) is 15.4. The lowest BCUT2D eigenvalue weighted by Crippen LogP contribution is -2.13. The monoisotopic (exact) mass is 308 g/mol. The molecule has 114 valence electrons. The first kappa shape index (κ1) is 15.8. The fourth-order valence-electron chi connectivity index (χ4n) is 2.05. The highest BCUT2D eigenvalue weighted by Gasteiger charge is 2.11. The molecule has 2 aromatic rings. The summed E-state index contributed by atoms with van der Waals surface area (Å²) in [4.78, 5) is 4.25. The fraction of sp³-hybridized carbons (Fsp3) is 0.467. The first-order valence-electron chi connectivity index (χ1n) is 7.02. The van der Waals surface area contributed by atoms with Gasteiger partial charge < -0.3 is 10.5 Å². The van der Waals surface area contributed by atoms with Gasteiger partial charge in [0.05, 0.1) is 0 Å². The van der Waals surface area contributed by atoms with Crippen molar-refractivity contribution in [3.63, 3.8) is 0 Å². The Kier molecular flexibility index (Phi) is 5.20. The molecule has 0 aliphatic rings. The summed E-state index contributed by atoms with van der Waals surface area (Å²) in [5, 5.41) is 4.87. The summed E-state index contributed by atoms with van der Waals surface area (Å²) in [6, 6.07) is 5.32. The van der Waals surface area contributed by atoms with Crippen LogP contribution in [0.1, 0.15) is 38.2 Å². The average Bonchev–Trinajstić information content (AvgIpc) is 2.83. The number of ether oxygens (including phenoxy) is 1. The Morgan fingerprint density at radius 1 is 1.33 bits per heavy atom. The van der Waals surface area contributed by atoms with Crippen molar-refractivity contribution >= 4 is 11.6 Å². The van der Waals surface area contributed by atoms with Crippen LogP contribution in [0.4, 0.5) is 0 Å². The van der Waals surface area contributed by atoms with Gasteiger partial charge in [-0.1, -0.05) is 25.4 Å². The third-order valence-electron chi connectivity index (χ3n) is 3.05. The van der Waals surface area contributed by atoms with Crippen LogP contribution in [0.5, 0.6) is 5.75 Å². The SMILES string of the molecule is CC(C)Cn1ncnc1COc1ccc(Cl)cc1[C@H](C)N. The maximum absolute atomic E-state index is 6.01. The number of nitrogens with two attached hydrogens (primary N) is 1. The molecule has 0 spiro atoms. The van der Waals surface area contributed by atoms with Crippen LogP contribution in [0.3, 0.4) is 0 Å². The van der Waals surface area contributed by atoms with Crippen LogP contribution in [-0.4, -0.2) is 14.8 Å². The summed E-state index contributed by atoms with van der Waals surface area (Å²) in [6.07, 6.45) is 1.55. The van der Waals surface area contributed by atoms with Crippen LogP contribution < -0.4 is 10.5 Å². The number of rotatable bonds is 6. The van der Waals surface area contributed by atoms with Crippen molar-refractivity contribution in [2.75, 3.05) is 0 Å². The van der Waals surface area contributed by atoms with Gasteiger partial charge in [0.15, 0.2) is 5.82 Å². The summed E-state index contributed by atoms with van der Waals surface area (Å²) >= 11 is 6.01. The van der Waals surface area contributed by atoms with E-state index in [0.717, 1.165) is 23.7 Å². The van der Waals surface area contributed by atoms with Gasteiger partial charge in [-0.25, -0.2) is 9.67 Å². The van der Waals surface area contributed by atoms with Gasteiger partial charge in [-0.05, 0) is 31.0 Å².